The fourth-order valence-corrected chi connectivity index (χ4v) is 6.12. The van der Waals surface area contributed by atoms with E-state index in [4.69, 9.17) is 9.84 Å². The molecular weight excluding hydrogens is 400 g/mol. The van der Waals surface area contributed by atoms with Crippen molar-refractivity contribution in [2.24, 2.45) is 15.9 Å². The summed E-state index contributed by atoms with van der Waals surface area (Å²) in [4.78, 5) is 27.8. The number of amides is 1. The lowest BCUT2D eigenvalue weighted by atomic mass is 9.77. The molecule has 32 heavy (non-hydrogen) atoms. The number of nitrogens with zero attached hydrogens (tertiary/aromatic N) is 2. The highest BCUT2D eigenvalue weighted by Crippen LogP contribution is 2.83. The first-order valence-corrected chi connectivity index (χ1v) is 10.6. The molecule has 1 spiro atoms. The standard InChI is InChI=1S/C27H24N2O3/c1-19-26(23(30)29(28-19)22-17-11-6-12-18-22)25(2,24(31)32-3)27(26,20-13-7-4-8-14-20)21-15-9-5-10-16-21/h4-18H,1-3H3. The molecule has 1 saturated carbocycles. The van der Waals surface area contributed by atoms with Crippen molar-refractivity contribution in [1.29, 1.82) is 0 Å². The van der Waals surface area contributed by atoms with Crippen molar-refractivity contribution in [2.45, 2.75) is 19.3 Å². The van der Waals surface area contributed by atoms with Crippen LogP contribution >= 0.6 is 0 Å². The maximum Gasteiger partial charge on any atom is 0.314 e. The molecule has 1 amide bonds. The van der Waals surface area contributed by atoms with Gasteiger partial charge < -0.3 is 4.74 Å². The van der Waals surface area contributed by atoms with E-state index in [1.807, 2.05) is 105 Å². The van der Waals surface area contributed by atoms with Crippen LogP contribution in [0.15, 0.2) is 96.1 Å². The first-order chi connectivity index (χ1) is 15.5. The Labute approximate surface area is 187 Å². The van der Waals surface area contributed by atoms with E-state index in [9.17, 15) is 9.59 Å². The van der Waals surface area contributed by atoms with Gasteiger partial charge in [0.25, 0.3) is 5.91 Å². The van der Waals surface area contributed by atoms with Gasteiger partial charge in [0.1, 0.15) is 10.8 Å². The van der Waals surface area contributed by atoms with Crippen LogP contribution in [0.1, 0.15) is 25.0 Å². The highest BCUT2D eigenvalue weighted by molar-refractivity contribution is 6.28. The van der Waals surface area contributed by atoms with Crippen LogP contribution < -0.4 is 5.01 Å². The zero-order chi connectivity index (χ0) is 22.6. The Hall–Kier alpha value is -3.73. The minimum Gasteiger partial charge on any atom is -0.469 e. The number of hydrazone groups is 1. The van der Waals surface area contributed by atoms with Crippen molar-refractivity contribution in [3.63, 3.8) is 0 Å². The van der Waals surface area contributed by atoms with E-state index in [-0.39, 0.29) is 5.91 Å². The van der Waals surface area contributed by atoms with Crippen LogP contribution in [-0.4, -0.2) is 24.7 Å². The number of benzene rings is 3. The van der Waals surface area contributed by atoms with Gasteiger partial charge in [-0.1, -0.05) is 78.9 Å². The van der Waals surface area contributed by atoms with Gasteiger partial charge >= 0.3 is 5.97 Å². The Morgan fingerprint density at radius 2 is 1.28 bits per heavy atom. The van der Waals surface area contributed by atoms with Crippen LogP contribution in [0.4, 0.5) is 5.69 Å². The summed E-state index contributed by atoms with van der Waals surface area (Å²) in [6, 6.07) is 28.8. The van der Waals surface area contributed by atoms with Crippen molar-refractivity contribution in [3.8, 4) is 0 Å². The normalized spacial score (nSPS) is 25.5. The number of methoxy groups -OCH3 is 1. The van der Waals surface area contributed by atoms with Gasteiger partial charge in [0.2, 0.25) is 0 Å². The molecule has 3 aromatic carbocycles. The van der Waals surface area contributed by atoms with E-state index in [0.29, 0.717) is 11.4 Å². The summed E-state index contributed by atoms with van der Waals surface area (Å²) in [5.41, 5.74) is -0.287. The maximum atomic E-state index is 14.3. The number of anilines is 1. The lowest BCUT2D eigenvalue weighted by Crippen LogP contribution is -2.36. The lowest BCUT2D eigenvalue weighted by Gasteiger charge is -2.24. The number of hydrogen-bond donors (Lipinski definition) is 0. The quantitative estimate of drug-likeness (QED) is 0.576. The average Bonchev–Trinajstić information content (AvgIpc) is 3.27. The molecule has 5 heteroatoms. The first kappa shape index (κ1) is 20.2. The molecule has 1 aliphatic carbocycles. The number of esters is 1. The first-order valence-electron chi connectivity index (χ1n) is 10.6. The monoisotopic (exact) mass is 424 g/mol. The summed E-state index contributed by atoms with van der Waals surface area (Å²) in [6.45, 7) is 3.68. The van der Waals surface area contributed by atoms with E-state index in [1.165, 1.54) is 12.1 Å². The molecule has 3 aromatic rings. The van der Waals surface area contributed by atoms with Crippen LogP contribution in [0, 0.1) is 10.8 Å². The number of rotatable bonds is 4. The molecule has 5 nitrogen and oxygen atoms in total. The zero-order valence-electron chi connectivity index (χ0n) is 18.3. The third-order valence-corrected chi connectivity index (χ3v) is 7.31. The van der Waals surface area contributed by atoms with Crippen LogP contribution in [-0.2, 0) is 19.7 Å². The molecule has 0 saturated heterocycles. The highest BCUT2D eigenvalue weighted by Gasteiger charge is 2.95. The molecule has 2 unspecified atom stereocenters. The van der Waals surface area contributed by atoms with Gasteiger partial charge in [0.15, 0.2) is 0 Å². The Kier molecular flexibility index (Phi) is 4.35. The molecule has 0 bridgehead atoms. The third-order valence-electron chi connectivity index (χ3n) is 7.31. The molecule has 0 radical (unpaired) electrons. The summed E-state index contributed by atoms with van der Waals surface area (Å²) in [5, 5.41) is 6.14. The number of para-hydroxylation sites is 1. The smallest absolute Gasteiger partial charge is 0.314 e. The molecule has 1 fully saturated rings. The molecule has 2 atom stereocenters. The third kappa shape index (κ3) is 2.11. The minimum absolute atomic E-state index is 0.221. The summed E-state index contributed by atoms with van der Waals surface area (Å²) in [7, 11) is 1.38. The van der Waals surface area contributed by atoms with Crippen molar-refractivity contribution in [2.75, 3.05) is 12.1 Å². The van der Waals surface area contributed by atoms with Crippen LogP contribution in [0.25, 0.3) is 0 Å². The Morgan fingerprint density at radius 3 is 1.75 bits per heavy atom. The summed E-state index contributed by atoms with van der Waals surface area (Å²) in [6.07, 6.45) is 0. The number of hydrogen-bond acceptors (Lipinski definition) is 4. The SMILES string of the molecule is COC(=O)C1(C)C2(C(=O)N(c3ccccc3)N=C2C)C1(c1ccccc1)c1ccccc1. The van der Waals surface area contributed by atoms with Gasteiger partial charge in [-0.15, -0.1) is 0 Å². The predicted octanol–water partition coefficient (Wildman–Crippen LogP) is 4.57. The molecule has 0 N–H and O–H groups in total. The van der Waals surface area contributed by atoms with E-state index < -0.39 is 22.2 Å². The Morgan fingerprint density at radius 1 is 0.812 bits per heavy atom. The maximum absolute atomic E-state index is 14.3. The van der Waals surface area contributed by atoms with Gasteiger partial charge in [-0.05, 0) is 37.1 Å². The topological polar surface area (TPSA) is 59.0 Å². The molecule has 2 aliphatic rings. The Balaban J connectivity index is 1.84. The summed E-state index contributed by atoms with van der Waals surface area (Å²) < 4.78 is 5.34. The number of carbonyl (C=O) groups excluding carboxylic acids is 2. The Bertz CT molecular complexity index is 1180. The largest absolute Gasteiger partial charge is 0.469 e. The summed E-state index contributed by atoms with van der Waals surface area (Å²) in [5.74, 6) is -0.648. The zero-order valence-corrected chi connectivity index (χ0v) is 18.3. The highest BCUT2D eigenvalue weighted by atomic mass is 16.5. The number of ether oxygens (including phenoxy) is 1. The second-order valence-corrected chi connectivity index (χ2v) is 8.49. The van der Waals surface area contributed by atoms with E-state index in [1.54, 1.807) is 0 Å². The van der Waals surface area contributed by atoms with Crippen LogP contribution in [0.5, 0.6) is 0 Å². The van der Waals surface area contributed by atoms with Gasteiger partial charge in [-0.2, -0.15) is 10.1 Å². The van der Waals surface area contributed by atoms with E-state index >= 15 is 0 Å². The molecule has 5 rings (SSSR count). The molecule has 160 valence electrons. The van der Waals surface area contributed by atoms with Gasteiger partial charge in [0, 0.05) is 0 Å². The molecular formula is C27H24N2O3. The molecule has 0 aromatic heterocycles. The fourth-order valence-electron chi connectivity index (χ4n) is 6.12. The van der Waals surface area contributed by atoms with Gasteiger partial charge in [0.05, 0.1) is 23.9 Å². The minimum atomic E-state index is -1.20. The van der Waals surface area contributed by atoms with Gasteiger partial charge in [-0.25, -0.2) is 0 Å². The van der Waals surface area contributed by atoms with Crippen molar-refractivity contribution < 1.29 is 14.3 Å². The lowest BCUT2D eigenvalue weighted by molar-refractivity contribution is -0.149. The van der Waals surface area contributed by atoms with Crippen molar-refractivity contribution in [3.05, 3.63) is 102 Å². The van der Waals surface area contributed by atoms with E-state index in [0.717, 1.165) is 11.1 Å². The molecule has 1 heterocycles. The molecule has 1 aliphatic heterocycles. The average molecular weight is 425 g/mol. The van der Waals surface area contributed by atoms with E-state index in [2.05, 4.69) is 0 Å². The predicted molar refractivity (Wildman–Crippen MR) is 123 cm³/mol. The second kappa shape index (κ2) is 6.89. The van der Waals surface area contributed by atoms with Crippen LogP contribution in [0.3, 0.4) is 0 Å². The summed E-state index contributed by atoms with van der Waals surface area (Å²) >= 11 is 0. The second-order valence-electron chi connectivity index (χ2n) is 8.49. The van der Waals surface area contributed by atoms with Crippen molar-refractivity contribution in [1.82, 2.24) is 0 Å². The number of carbonyl (C=O) groups is 2. The fraction of sp³-hybridized carbons (Fsp3) is 0.222. The van der Waals surface area contributed by atoms with Crippen LogP contribution in [0.2, 0.25) is 0 Å². The van der Waals surface area contributed by atoms with Crippen molar-refractivity contribution >= 4 is 23.3 Å². The van der Waals surface area contributed by atoms with Gasteiger partial charge in [-0.3, -0.25) is 9.59 Å².